The molecule has 2 N–H and O–H groups in total. The highest BCUT2D eigenvalue weighted by molar-refractivity contribution is 5.80. The van der Waals surface area contributed by atoms with Crippen molar-refractivity contribution in [3.05, 3.63) is 78.8 Å². The third-order valence-corrected chi connectivity index (χ3v) is 3.71. The summed E-state index contributed by atoms with van der Waals surface area (Å²) in [6.07, 6.45) is 1.58. The Labute approximate surface area is 158 Å². The molecule has 2 aromatic carbocycles. The van der Waals surface area contributed by atoms with Gasteiger partial charge in [0, 0.05) is 5.69 Å². The average molecular weight is 366 g/mol. The Kier molecular flexibility index (Phi) is 6.75. The predicted molar refractivity (Wildman–Crippen MR) is 103 cm³/mol. The van der Waals surface area contributed by atoms with Crippen LogP contribution in [0.2, 0.25) is 0 Å². The monoisotopic (exact) mass is 366 g/mol. The van der Waals surface area contributed by atoms with Crippen molar-refractivity contribution in [2.24, 2.45) is 0 Å². The number of anilines is 1. The molecule has 27 heavy (non-hydrogen) atoms. The molecule has 3 aromatic rings. The lowest BCUT2D eigenvalue weighted by Crippen LogP contribution is -2.29. The molecule has 0 aliphatic carbocycles. The molecule has 1 aromatic heterocycles. The summed E-state index contributed by atoms with van der Waals surface area (Å²) in [5.41, 5.74) is 0.844. The Morgan fingerprint density at radius 1 is 0.852 bits per heavy atom. The smallest absolute Gasteiger partial charge is 0.239 e. The zero-order valence-electron chi connectivity index (χ0n) is 14.9. The standard InChI is InChI=1S/C21H22N2O4/c24-21(23-15-20-7-4-12-25-20)16-22-17-8-10-19(11-9-17)27-14-13-26-18-5-2-1-3-6-18/h1-12,22H,13-16H2,(H,23,24). The van der Waals surface area contributed by atoms with E-state index in [9.17, 15) is 4.79 Å². The van der Waals surface area contributed by atoms with E-state index in [4.69, 9.17) is 13.9 Å². The number of hydrogen-bond donors (Lipinski definition) is 2. The first-order chi connectivity index (χ1) is 13.3. The number of para-hydroxylation sites is 1. The molecule has 0 bridgehead atoms. The number of amides is 1. The highest BCUT2D eigenvalue weighted by Gasteiger charge is 2.03. The maximum absolute atomic E-state index is 11.8. The van der Waals surface area contributed by atoms with E-state index in [1.165, 1.54) is 0 Å². The Bertz CT molecular complexity index is 802. The molecule has 0 unspecified atom stereocenters. The maximum atomic E-state index is 11.8. The van der Waals surface area contributed by atoms with Gasteiger partial charge in [-0.05, 0) is 48.5 Å². The SMILES string of the molecule is O=C(CNc1ccc(OCCOc2ccccc2)cc1)NCc1ccco1. The van der Waals surface area contributed by atoms with E-state index < -0.39 is 0 Å². The van der Waals surface area contributed by atoms with Gasteiger partial charge in [0.1, 0.15) is 30.5 Å². The molecule has 1 amide bonds. The zero-order valence-corrected chi connectivity index (χ0v) is 14.9. The number of ether oxygens (including phenoxy) is 2. The summed E-state index contributed by atoms with van der Waals surface area (Å²) < 4.78 is 16.4. The Hall–Kier alpha value is -3.41. The van der Waals surface area contributed by atoms with E-state index in [0.29, 0.717) is 19.8 Å². The number of hydrogen-bond acceptors (Lipinski definition) is 5. The fourth-order valence-corrected chi connectivity index (χ4v) is 2.35. The van der Waals surface area contributed by atoms with Gasteiger partial charge in [-0.3, -0.25) is 4.79 Å². The minimum Gasteiger partial charge on any atom is -0.490 e. The number of nitrogens with one attached hydrogen (secondary N) is 2. The summed E-state index contributed by atoms with van der Waals surface area (Å²) >= 11 is 0. The molecule has 0 atom stereocenters. The van der Waals surface area contributed by atoms with Crippen LogP contribution < -0.4 is 20.1 Å². The number of furan rings is 1. The molecule has 1 heterocycles. The van der Waals surface area contributed by atoms with E-state index >= 15 is 0 Å². The summed E-state index contributed by atoms with van der Waals surface area (Å²) in [4.78, 5) is 11.8. The molecule has 6 heteroatoms. The van der Waals surface area contributed by atoms with Gasteiger partial charge in [-0.1, -0.05) is 18.2 Å². The zero-order chi connectivity index (χ0) is 18.7. The van der Waals surface area contributed by atoms with E-state index in [0.717, 1.165) is 22.9 Å². The molecule has 0 fully saturated rings. The van der Waals surface area contributed by atoms with Gasteiger partial charge in [-0.2, -0.15) is 0 Å². The van der Waals surface area contributed by atoms with Gasteiger partial charge < -0.3 is 24.5 Å². The third-order valence-electron chi connectivity index (χ3n) is 3.71. The van der Waals surface area contributed by atoms with Gasteiger partial charge in [0.15, 0.2) is 0 Å². The van der Waals surface area contributed by atoms with Crippen LogP contribution in [0.5, 0.6) is 11.5 Å². The van der Waals surface area contributed by atoms with Gasteiger partial charge in [0.2, 0.25) is 5.91 Å². The number of benzene rings is 2. The maximum Gasteiger partial charge on any atom is 0.239 e. The molecule has 0 aliphatic heterocycles. The van der Waals surface area contributed by atoms with E-state index in [-0.39, 0.29) is 12.5 Å². The van der Waals surface area contributed by atoms with E-state index in [1.54, 1.807) is 12.3 Å². The van der Waals surface area contributed by atoms with Crippen molar-refractivity contribution in [2.75, 3.05) is 25.1 Å². The fourth-order valence-electron chi connectivity index (χ4n) is 2.35. The highest BCUT2D eigenvalue weighted by atomic mass is 16.5. The Morgan fingerprint density at radius 3 is 2.22 bits per heavy atom. The van der Waals surface area contributed by atoms with Crippen LogP contribution >= 0.6 is 0 Å². The molecule has 0 spiro atoms. The lowest BCUT2D eigenvalue weighted by atomic mass is 10.3. The van der Waals surface area contributed by atoms with Gasteiger partial charge in [-0.25, -0.2) is 0 Å². The first-order valence-electron chi connectivity index (χ1n) is 8.73. The van der Waals surface area contributed by atoms with Gasteiger partial charge in [-0.15, -0.1) is 0 Å². The number of rotatable bonds is 10. The van der Waals surface area contributed by atoms with Crippen LogP contribution in [0.1, 0.15) is 5.76 Å². The minimum atomic E-state index is -0.107. The first kappa shape index (κ1) is 18.4. The van der Waals surface area contributed by atoms with Crippen molar-refractivity contribution in [1.29, 1.82) is 0 Å². The van der Waals surface area contributed by atoms with Crippen LogP contribution in [-0.2, 0) is 11.3 Å². The van der Waals surface area contributed by atoms with Crippen LogP contribution in [0.15, 0.2) is 77.4 Å². The van der Waals surface area contributed by atoms with Crippen molar-refractivity contribution >= 4 is 11.6 Å². The average Bonchev–Trinajstić information content (AvgIpc) is 3.23. The third kappa shape index (κ3) is 6.43. The van der Waals surface area contributed by atoms with Crippen molar-refractivity contribution in [2.45, 2.75) is 6.54 Å². The van der Waals surface area contributed by atoms with Gasteiger partial charge in [0.25, 0.3) is 0 Å². The second kappa shape index (κ2) is 9.91. The Morgan fingerprint density at radius 2 is 1.56 bits per heavy atom. The van der Waals surface area contributed by atoms with Crippen molar-refractivity contribution in [1.82, 2.24) is 5.32 Å². The van der Waals surface area contributed by atoms with Crippen molar-refractivity contribution < 1.29 is 18.7 Å². The van der Waals surface area contributed by atoms with Crippen LogP contribution in [0.4, 0.5) is 5.69 Å². The van der Waals surface area contributed by atoms with Gasteiger partial charge >= 0.3 is 0 Å². The van der Waals surface area contributed by atoms with E-state index in [1.807, 2.05) is 60.7 Å². The minimum absolute atomic E-state index is 0.107. The van der Waals surface area contributed by atoms with Crippen molar-refractivity contribution in [3.63, 3.8) is 0 Å². The van der Waals surface area contributed by atoms with Crippen LogP contribution in [-0.4, -0.2) is 25.7 Å². The second-order valence-electron chi connectivity index (χ2n) is 5.74. The largest absolute Gasteiger partial charge is 0.490 e. The topological polar surface area (TPSA) is 72.7 Å². The highest BCUT2D eigenvalue weighted by Crippen LogP contribution is 2.15. The normalized spacial score (nSPS) is 10.2. The quantitative estimate of drug-likeness (QED) is 0.538. The molecular formula is C21H22N2O4. The molecule has 3 rings (SSSR count). The predicted octanol–water partition coefficient (Wildman–Crippen LogP) is 3.47. The lowest BCUT2D eigenvalue weighted by Gasteiger charge is -2.10. The molecular weight excluding hydrogens is 344 g/mol. The lowest BCUT2D eigenvalue weighted by molar-refractivity contribution is -0.119. The summed E-state index contributed by atoms with van der Waals surface area (Å²) in [6.45, 7) is 1.49. The van der Waals surface area contributed by atoms with Crippen LogP contribution in [0.3, 0.4) is 0 Å². The van der Waals surface area contributed by atoms with Gasteiger partial charge in [0.05, 0.1) is 19.4 Å². The second-order valence-corrected chi connectivity index (χ2v) is 5.74. The number of carbonyl (C=O) groups excluding carboxylic acids is 1. The Balaban J connectivity index is 1.32. The summed E-state index contributed by atoms with van der Waals surface area (Å²) in [6, 6.07) is 20.7. The van der Waals surface area contributed by atoms with E-state index in [2.05, 4.69) is 10.6 Å². The number of carbonyl (C=O) groups is 1. The van der Waals surface area contributed by atoms with Crippen molar-refractivity contribution in [3.8, 4) is 11.5 Å². The van der Waals surface area contributed by atoms with Crippen LogP contribution in [0.25, 0.3) is 0 Å². The molecule has 140 valence electrons. The molecule has 0 radical (unpaired) electrons. The fraction of sp³-hybridized carbons (Fsp3) is 0.190. The molecule has 0 saturated heterocycles. The molecule has 0 aliphatic rings. The first-order valence-corrected chi connectivity index (χ1v) is 8.73. The molecule has 6 nitrogen and oxygen atoms in total. The summed E-state index contributed by atoms with van der Waals surface area (Å²) in [7, 11) is 0. The molecule has 0 saturated carbocycles. The summed E-state index contributed by atoms with van der Waals surface area (Å²) in [5, 5.41) is 5.85. The van der Waals surface area contributed by atoms with Crippen LogP contribution in [0, 0.1) is 0 Å². The summed E-state index contributed by atoms with van der Waals surface area (Å²) in [5.74, 6) is 2.19.